The fourth-order valence-electron chi connectivity index (χ4n) is 3.01. The van der Waals surface area contributed by atoms with E-state index in [1.54, 1.807) is 16.1 Å². The molecule has 136 valence electrons. The standard InChI is InChI=1S/C15H27N5O2S2/c1-2-17-15(19-14-5-3-4-13(14)12-16)18-6-11-24(21,22)20-7-9-23-10-8-20/h13-14H,2-11H2,1H3,(H2,17,18,19). The van der Waals surface area contributed by atoms with E-state index in [-0.39, 0.29) is 24.3 Å². The number of sulfonamides is 1. The van der Waals surface area contributed by atoms with Gasteiger partial charge in [0.1, 0.15) is 0 Å². The molecule has 2 unspecified atom stereocenters. The van der Waals surface area contributed by atoms with Gasteiger partial charge in [0.2, 0.25) is 10.0 Å². The van der Waals surface area contributed by atoms with Gasteiger partial charge >= 0.3 is 0 Å². The highest BCUT2D eigenvalue weighted by Crippen LogP contribution is 2.24. The molecule has 2 aliphatic rings. The summed E-state index contributed by atoms with van der Waals surface area (Å²) in [4.78, 5) is 4.40. The summed E-state index contributed by atoms with van der Waals surface area (Å²) in [5.74, 6) is 2.37. The third kappa shape index (κ3) is 5.53. The van der Waals surface area contributed by atoms with Gasteiger partial charge in [-0.05, 0) is 26.2 Å². The van der Waals surface area contributed by atoms with Crippen molar-refractivity contribution in [3.05, 3.63) is 0 Å². The second-order valence-corrected chi connectivity index (χ2v) is 9.32. The van der Waals surface area contributed by atoms with Gasteiger partial charge in [-0.2, -0.15) is 17.0 Å². The summed E-state index contributed by atoms with van der Waals surface area (Å²) in [6.45, 7) is 4.09. The minimum Gasteiger partial charge on any atom is -0.357 e. The number of nitrogens with zero attached hydrogens (tertiary/aromatic N) is 3. The van der Waals surface area contributed by atoms with Gasteiger partial charge < -0.3 is 10.6 Å². The van der Waals surface area contributed by atoms with Crippen molar-refractivity contribution in [1.29, 1.82) is 5.26 Å². The molecule has 1 aliphatic carbocycles. The van der Waals surface area contributed by atoms with Gasteiger partial charge in [-0.3, -0.25) is 4.99 Å². The van der Waals surface area contributed by atoms with Crippen molar-refractivity contribution in [3.63, 3.8) is 0 Å². The quantitative estimate of drug-likeness (QED) is 0.523. The molecule has 0 aromatic rings. The molecule has 24 heavy (non-hydrogen) atoms. The Morgan fingerprint density at radius 1 is 1.38 bits per heavy atom. The van der Waals surface area contributed by atoms with Crippen molar-refractivity contribution >= 4 is 27.7 Å². The Kier molecular flexibility index (Phi) is 7.65. The minimum atomic E-state index is -3.23. The molecule has 1 saturated heterocycles. The number of hydrogen-bond donors (Lipinski definition) is 2. The first-order valence-electron chi connectivity index (χ1n) is 8.57. The third-order valence-corrected chi connectivity index (χ3v) is 7.12. The van der Waals surface area contributed by atoms with Crippen molar-refractivity contribution in [2.45, 2.75) is 32.2 Å². The fourth-order valence-corrected chi connectivity index (χ4v) is 5.46. The van der Waals surface area contributed by atoms with Crippen LogP contribution >= 0.6 is 11.8 Å². The fraction of sp³-hybridized carbons (Fsp3) is 0.867. The van der Waals surface area contributed by atoms with Gasteiger partial charge in [0.25, 0.3) is 0 Å². The maximum atomic E-state index is 12.3. The minimum absolute atomic E-state index is 0.00318. The molecule has 7 nitrogen and oxygen atoms in total. The molecular formula is C15H27N5O2S2. The Balaban J connectivity index is 1.89. The monoisotopic (exact) mass is 373 g/mol. The van der Waals surface area contributed by atoms with Crippen LogP contribution < -0.4 is 10.6 Å². The lowest BCUT2D eigenvalue weighted by atomic mass is 10.1. The van der Waals surface area contributed by atoms with E-state index in [1.165, 1.54) is 0 Å². The predicted molar refractivity (Wildman–Crippen MR) is 98.5 cm³/mol. The molecule has 2 N–H and O–H groups in total. The van der Waals surface area contributed by atoms with Crippen molar-refractivity contribution in [1.82, 2.24) is 14.9 Å². The third-order valence-electron chi connectivity index (χ3n) is 4.33. The number of nitrogens with one attached hydrogen (secondary N) is 2. The molecule has 1 heterocycles. The molecule has 0 aromatic carbocycles. The maximum absolute atomic E-state index is 12.3. The average Bonchev–Trinajstić information content (AvgIpc) is 3.03. The Labute approximate surface area is 149 Å². The summed E-state index contributed by atoms with van der Waals surface area (Å²) in [5, 5.41) is 15.6. The van der Waals surface area contributed by atoms with Gasteiger partial charge in [-0.25, -0.2) is 12.7 Å². The Hall–Kier alpha value is -0.980. The van der Waals surface area contributed by atoms with Gasteiger partial charge in [0.05, 0.1) is 24.3 Å². The van der Waals surface area contributed by atoms with Crippen LogP contribution in [0.1, 0.15) is 26.2 Å². The lowest BCUT2D eigenvalue weighted by Gasteiger charge is -2.25. The summed E-state index contributed by atoms with van der Waals surface area (Å²) in [6, 6.07) is 2.44. The van der Waals surface area contributed by atoms with Gasteiger partial charge in [-0.15, -0.1) is 0 Å². The highest BCUT2D eigenvalue weighted by Gasteiger charge is 2.28. The first-order chi connectivity index (χ1) is 11.6. The molecule has 0 radical (unpaired) electrons. The highest BCUT2D eigenvalue weighted by atomic mass is 32.2. The smallest absolute Gasteiger partial charge is 0.215 e. The summed E-state index contributed by atoms with van der Waals surface area (Å²) < 4.78 is 26.2. The van der Waals surface area contributed by atoms with Crippen LogP contribution in [-0.4, -0.2) is 68.2 Å². The molecular weight excluding hydrogens is 346 g/mol. The van der Waals surface area contributed by atoms with E-state index in [2.05, 4.69) is 21.7 Å². The van der Waals surface area contributed by atoms with Crippen molar-refractivity contribution in [2.24, 2.45) is 10.9 Å². The van der Waals surface area contributed by atoms with Crippen molar-refractivity contribution in [3.8, 4) is 6.07 Å². The van der Waals surface area contributed by atoms with Gasteiger partial charge in [-0.1, -0.05) is 0 Å². The van der Waals surface area contributed by atoms with Crippen molar-refractivity contribution < 1.29 is 8.42 Å². The van der Waals surface area contributed by atoms with Crippen LogP contribution in [0.15, 0.2) is 4.99 Å². The van der Waals surface area contributed by atoms with Crippen LogP contribution in [0.5, 0.6) is 0 Å². The molecule has 0 bridgehead atoms. The van der Waals surface area contributed by atoms with Crippen LogP contribution in [0, 0.1) is 17.2 Å². The molecule has 1 aliphatic heterocycles. The van der Waals surface area contributed by atoms with E-state index in [0.29, 0.717) is 25.6 Å². The summed E-state index contributed by atoms with van der Waals surface area (Å²) in [6.07, 6.45) is 2.90. The zero-order valence-corrected chi connectivity index (χ0v) is 15.8. The van der Waals surface area contributed by atoms with Gasteiger partial charge in [0.15, 0.2) is 5.96 Å². The maximum Gasteiger partial charge on any atom is 0.215 e. The normalized spacial score (nSPS) is 26.1. The first kappa shape index (κ1) is 19.3. The molecule has 0 amide bonds. The van der Waals surface area contributed by atoms with E-state index in [1.807, 2.05) is 6.92 Å². The first-order valence-corrected chi connectivity index (χ1v) is 11.3. The van der Waals surface area contributed by atoms with Crippen LogP contribution in [0.3, 0.4) is 0 Å². The zero-order chi connectivity index (χ0) is 17.4. The topological polar surface area (TPSA) is 97.6 Å². The lowest BCUT2D eigenvalue weighted by Crippen LogP contribution is -2.45. The van der Waals surface area contributed by atoms with Crippen LogP contribution in [0.4, 0.5) is 0 Å². The number of thioether (sulfide) groups is 1. The van der Waals surface area contributed by atoms with Crippen LogP contribution in [0.2, 0.25) is 0 Å². The summed E-state index contributed by atoms with van der Waals surface area (Å²) >= 11 is 1.79. The number of rotatable bonds is 6. The van der Waals surface area contributed by atoms with E-state index < -0.39 is 10.0 Å². The highest BCUT2D eigenvalue weighted by molar-refractivity contribution is 7.99. The lowest BCUT2D eigenvalue weighted by molar-refractivity contribution is 0.444. The Morgan fingerprint density at radius 2 is 2.12 bits per heavy atom. The molecule has 1 saturated carbocycles. The molecule has 2 rings (SSSR count). The second-order valence-electron chi connectivity index (χ2n) is 6.01. The Morgan fingerprint density at radius 3 is 2.79 bits per heavy atom. The molecule has 0 spiro atoms. The second kappa shape index (κ2) is 9.49. The van der Waals surface area contributed by atoms with Crippen LogP contribution in [-0.2, 0) is 10.0 Å². The number of hydrogen-bond acceptors (Lipinski definition) is 5. The van der Waals surface area contributed by atoms with E-state index in [0.717, 1.165) is 30.8 Å². The van der Waals surface area contributed by atoms with E-state index >= 15 is 0 Å². The summed E-state index contributed by atoms with van der Waals surface area (Å²) in [7, 11) is -3.23. The largest absolute Gasteiger partial charge is 0.357 e. The molecule has 2 atom stereocenters. The zero-order valence-electron chi connectivity index (χ0n) is 14.2. The number of aliphatic imine (C=N–C) groups is 1. The van der Waals surface area contributed by atoms with Crippen molar-refractivity contribution in [2.75, 3.05) is 43.4 Å². The molecule has 2 fully saturated rings. The van der Waals surface area contributed by atoms with E-state index in [4.69, 9.17) is 5.26 Å². The van der Waals surface area contributed by atoms with Gasteiger partial charge in [0, 0.05) is 37.2 Å². The number of nitriles is 1. The average molecular weight is 374 g/mol. The predicted octanol–water partition coefficient (Wildman–Crippen LogP) is 0.612. The molecule has 0 aromatic heterocycles. The van der Waals surface area contributed by atoms with Crippen LogP contribution in [0.25, 0.3) is 0 Å². The summed E-state index contributed by atoms with van der Waals surface area (Å²) in [5.41, 5.74) is 0. The number of guanidine groups is 1. The molecule has 9 heteroatoms. The SMILES string of the molecule is CCNC(=NCCS(=O)(=O)N1CCSCC1)NC1CCCC1C#N. The van der Waals surface area contributed by atoms with E-state index in [9.17, 15) is 8.42 Å². The Bertz CT molecular complexity index is 567.